The number of halogens is 1. The molecule has 2 rings (SSSR count). The molecule has 1 aromatic heterocycles. The van der Waals surface area contributed by atoms with Crippen molar-refractivity contribution in [3.05, 3.63) is 16.4 Å². The lowest BCUT2D eigenvalue weighted by molar-refractivity contribution is 0.409. The van der Waals surface area contributed by atoms with Gasteiger partial charge < -0.3 is 0 Å². The molecule has 90 valence electrons. The van der Waals surface area contributed by atoms with Gasteiger partial charge in [-0.25, -0.2) is 0 Å². The van der Waals surface area contributed by atoms with Crippen molar-refractivity contribution >= 4 is 15.9 Å². The van der Waals surface area contributed by atoms with E-state index in [1.165, 1.54) is 12.1 Å². The predicted molar refractivity (Wildman–Crippen MR) is 67.6 cm³/mol. The SMILES string of the molecule is CC1CC1C(NN)c1c(Br)cnn1C(C)C. The van der Waals surface area contributed by atoms with Crippen LogP contribution in [0.2, 0.25) is 0 Å². The number of aromatic nitrogens is 2. The van der Waals surface area contributed by atoms with Crippen LogP contribution in [0.25, 0.3) is 0 Å². The van der Waals surface area contributed by atoms with E-state index in [0.717, 1.165) is 10.4 Å². The van der Waals surface area contributed by atoms with Crippen LogP contribution in [-0.2, 0) is 0 Å². The molecule has 0 saturated heterocycles. The highest BCUT2D eigenvalue weighted by atomic mass is 79.9. The first-order chi connectivity index (χ1) is 7.56. The Bertz CT molecular complexity index is 374. The highest BCUT2D eigenvalue weighted by molar-refractivity contribution is 9.10. The van der Waals surface area contributed by atoms with Crippen LogP contribution in [0, 0.1) is 11.8 Å². The van der Waals surface area contributed by atoms with Crippen LogP contribution < -0.4 is 11.3 Å². The lowest BCUT2D eigenvalue weighted by Crippen LogP contribution is -2.32. The normalized spacial score (nSPS) is 26.1. The molecule has 1 fully saturated rings. The summed E-state index contributed by atoms with van der Waals surface area (Å²) in [5.74, 6) is 7.08. The van der Waals surface area contributed by atoms with E-state index in [0.29, 0.717) is 12.0 Å². The number of hydrogen-bond acceptors (Lipinski definition) is 3. The zero-order chi connectivity index (χ0) is 11.9. The third-order valence-corrected chi connectivity index (χ3v) is 3.96. The minimum atomic E-state index is 0.203. The fourth-order valence-corrected chi connectivity index (χ4v) is 2.79. The molecule has 5 heteroatoms. The van der Waals surface area contributed by atoms with Crippen molar-refractivity contribution in [1.29, 1.82) is 0 Å². The minimum Gasteiger partial charge on any atom is -0.271 e. The summed E-state index contributed by atoms with van der Waals surface area (Å²) < 4.78 is 3.09. The molecule has 0 bridgehead atoms. The van der Waals surface area contributed by atoms with Gasteiger partial charge in [0.2, 0.25) is 0 Å². The average Bonchev–Trinajstić information content (AvgIpc) is 2.80. The van der Waals surface area contributed by atoms with Gasteiger partial charge in [0.25, 0.3) is 0 Å². The third kappa shape index (κ3) is 2.04. The fourth-order valence-electron chi connectivity index (χ4n) is 2.27. The fraction of sp³-hybridized carbons (Fsp3) is 0.727. The first-order valence-electron chi connectivity index (χ1n) is 5.75. The predicted octanol–water partition coefficient (Wildman–Crippen LogP) is 2.39. The summed E-state index contributed by atoms with van der Waals surface area (Å²) in [6, 6.07) is 0.556. The Morgan fingerprint density at radius 1 is 1.62 bits per heavy atom. The maximum Gasteiger partial charge on any atom is 0.0715 e. The number of rotatable bonds is 4. The van der Waals surface area contributed by atoms with Gasteiger partial charge >= 0.3 is 0 Å². The minimum absolute atomic E-state index is 0.203. The molecule has 0 aromatic carbocycles. The Balaban J connectivity index is 2.33. The van der Waals surface area contributed by atoms with E-state index in [4.69, 9.17) is 5.84 Å². The topological polar surface area (TPSA) is 55.9 Å². The van der Waals surface area contributed by atoms with E-state index in [1.54, 1.807) is 0 Å². The molecule has 16 heavy (non-hydrogen) atoms. The summed E-state index contributed by atoms with van der Waals surface area (Å²) in [5, 5.41) is 4.39. The van der Waals surface area contributed by atoms with E-state index in [-0.39, 0.29) is 6.04 Å². The zero-order valence-corrected chi connectivity index (χ0v) is 11.5. The average molecular weight is 287 g/mol. The van der Waals surface area contributed by atoms with Gasteiger partial charge in [-0.1, -0.05) is 6.92 Å². The molecule has 4 nitrogen and oxygen atoms in total. The molecule has 3 N–H and O–H groups in total. The summed E-state index contributed by atoms with van der Waals surface area (Å²) >= 11 is 3.56. The number of nitrogens with two attached hydrogens (primary N) is 1. The van der Waals surface area contributed by atoms with E-state index < -0.39 is 0 Å². The number of hydrazine groups is 1. The Morgan fingerprint density at radius 3 is 2.69 bits per heavy atom. The molecule has 1 aliphatic rings. The van der Waals surface area contributed by atoms with Crippen molar-refractivity contribution in [1.82, 2.24) is 15.2 Å². The molecule has 1 saturated carbocycles. The van der Waals surface area contributed by atoms with E-state index in [2.05, 4.69) is 47.2 Å². The van der Waals surface area contributed by atoms with Gasteiger partial charge in [-0.3, -0.25) is 16.0 Å². The molecule has 3 unspecified atom stereocenters. The van der Waals surface area contributed by atoms with Crippen LogP contribution >= 0.6 is 15.9 Å². The quantitative estimate of drug-likeness (QED) is 0.660. The number of nitrogens with zero attached hydrogens (tertiary/aromatic N) is 2. The standard InChI is InChI=1S/C11H19BrN4/c1-6(2)16-11(9(12)5-14-16)10(15-13)8-4-7(8)3/h5-8,10,15H,4,13H2,1-3H3. The van der Waals surface area contributed by atoms with Gasteiger partial charge in [0.1, 0.15) is 0 Å². The van der Waals surface area contributed by atoms with Gasteiger partial charge in [0.05, 0.1) is 22.4 Å². The van der Waals surface area contributed by atoms with Gasteiger partial charge in [0, 0.05) is 6.04 Å². The Labute approximate surface area is 105 Å². The molecule has 1 heterocycles. The molecule has 0 aliphatic heterocycles. The van der Waals surface area contributed by atoms with Crippen molar-refractivity contribution in [3.63, 3.8) is 0 Å². The highest BCUT2D eigenvalue weighted by Crippen LogP contribution is 2.48. The lowest BCUT2D eigenvalue weighted by Gasteiger charge is -2.20. The van der Waals surface area contributed by atoms with Crippen LogP contribution in [-0.4, -0.2) is 9.78 Å². The molecule has 0 amide bonds. The second-order valence-corrected chi connectivity index (χ2v) is 5.79. The van der Waals surface area contributed by atoms with Crippen LogP contribution in [0.15, 0.2) is 10.7 Å². The second kappa shape index (κ2) is 4.47. The van der Waals surface area contributed by atoms with Gasteiger partial charge in [-0.05, 0) is 48.0 Å². The molecule has 1 aromatic rings. The molecule has 0 radical (unpaired) electrons. The molecular weight excluding hydrogens is 268 g/mol. The molecule has 1 aliphatic carbocycles. The largest absolute Gasteiger partial charge is 0.271 e. The van der Waals surface area contributed by atoms with Crippen molar-refractivity contribution in [2.75, 3.05) is 0 Å². The number of hydrogen-bond donors (Lipinski definition) is 2. The smallest absolute Gasteiger partial charge is 0.0715 e. The van der Waals surface area contributed by atoms with Crippen molar-refractivity contribution in [2.45, 2.75) is 39.3 Å². The monoisotopic (exact) mass is 286 g/mol. The maximum atomic E-state index is 5.69. The molecule has 0 spiro atoms. The van der Waals surface area contributed by atoms with Crippen LogP contribution in [0.3, 0.4) is 0 Å². The Morgan fingerprint density at radius 2 is 2.25 bits per heavy atom. The highest BCUT2D eigenvalue weighted by Gasteiger charge is 2.42. The molecular formula is C11H19BrN4. The van der Waals surface area contributed by atoms with E-state index in [9.17, 15) is 0 Å². The van der Waals surface area contributed by atoms with Crippen molar-refractivity contribution in [2.24, 2.45) is 17.7 Å². The summed E-state index contributed by atoms with van der Waals surface area (Å²) in [4.78, 5) is 0. The summed E-state index contributed by atoms with van der Waals surface area (Å²) in [7, 11) is 0. The van der Waals surface area contributed by atoms with Crippen molar-refractivity contribution < 1.29 is 0 Å². The first kappa shape index (κ1) is 12.1. The summed E-state index contributed by atoms with van der Waals surface area (Å²) in [6.45, 7) is 6.53. The third-order valence-electron chi connectivity index (χ3n) is 3.35. The lowest BCUT2D eigenvalue weighted by atomic mass is 10.1. The summed E-state index contributed by atoms with van der Waals surface area (Å²) in [5.41, 5.74) is 4.12. The Hall–Kier alpha value is -0.390. The van der Waals surface area contributed by atoms with Crippen molar-refractivity contribution in [3.8, 4) is 0 Å². The van der Waals surface area contributed by atoms with Gasteiger partial charge in [-0.2, -0.15) is 5.10 Å². The Kier molecular flexibility index (Phi) is 3.37. The molecule has 3 atom stereocenters. The van der Waals surface area contributed by atoms with Gasteiger partial charge in [-0.15, -0.1) is 0 Å². The van der Waals surface area contributed by atoms with Crippen LogP contribution in [0.4, 0.5) is 0 Å². The van der Waals surface area contributed by atoms with Crippen LogP contribution in [0.5, 0.6) is 0 Å². The number of nitrogens with one attached hydrogen (secondary N) is 1. The zero-order valence-electron chi connectivity index (χ0n) is 9.94. The van der Waals surface area contributed by atoms with Crippen LogP contribution in [0.1, 0.15) is 45.0 Å². The van der Waals surface area contributed by atoms with E-state index in [1.807, 2.05) is 10.9 Å². The summed E-state index contributed by atoms with van der Waals surface area (Å²) in [6.07, 6.45) is 3.09. The van der Waals surface area contributed by atoms with Gasteiger partial charge in [0.15, 0.2) is 0 Å². The maximum absolute atomic E-state index is 5.69. The second-order valence-electron chi connectivity index (χ2n) is 4.94. The first-order valence-corrected chi connectivity index (χ1v) is 6.54. The van der Waals surface area contributed by atoms with E-state index >= 15 is 0 Å².